The van der Waals surface area contributed by atoms with E-state index in [4.69, 9.17) is 0 Å². The number of rotatable bonds is 4. The van der Waals surface area contributed by atoms with Crippen molar-refractivity contribution in [2.24, 2.45) is 0 Å². The van der Waals surface area contributed by atoms with E-state index in [2.05, 4.69) is 21.2 Å². The predicted molar refractivity (Wildman–Crippen MR) is 90.4 cm³/mol. The van der Waals surface area contributed by atoms with Gasteiger partial charge < -0.3 is 5.32 Å². The first-order valence-electron chi connectivity index (χ1n) is 6.83. The van der Waals surface area contributed by atoms with Crippen molar-refractivity contribution in [3.63, 3.8) is 0 Å². The van der Waals surface area contributed by atoms with Crippen LogP contribution in [0.15, 0.2) is 51.8 Å². The summed E-state index contributed by atoms with van der Waals surface area (Å²) in [7, 11) is -4.05. The molecular weight excluding hydrogens is 404 g/mol. The molecule has 1 N–H and O–H groups in total. The normalized spacial score (nSPS) is 12.0. The molecule has 0 aromatic heterocycles. The van der Waals surface area contributed by atoms with Crippen molar-refractivity contribution in [2.45, 2.75) is 23.5 Å². The molecule has 128 valence electrons. The minimum atomic E-state index is -4.05. The van der Waals surface area contributed by atoms with Crippen LogP contribution in [0.5, 0.6) is 0 Å². The Balaban J connectivity index is 2.36. The SMILES string of the molecule is CC(C)(C(=O)Nc1cccc(F)c1F)S(=O)(=O)c1ccc(Br)cc1. The molecule has 0 bridgehead atoms. The van der Waals surface area contributed by atoms with Crippen LogP contribution in [0.3, 0.4) is 0 Å². The number of anilines is 1. The Kier molecular flexibility index (Phi) is 5.10. The highest BCUT2D eigenvalue weighted by molar-refractivity contribution is 9.10. The Hall–Kier alpha value is -1.80. The third-order valence-electron chi connectivity index (χ3n) is 3.54. The van der Waals surface area contributed by atoms with Crippen LogP contribution in [-0.4, -0.2) is 19.1 Å². The lowest BCUT2D eigenvalue weighted by molar-refractivity contribution is -0.117. The fourth-order valence-electron chi connectivity index (χ4n) is 1.90. The number of hydrogen-bond donors (Lipinski definition) is 1. The van der Waals surface area contributed by atoms with Crippen LogP contribution in [0.2, 0.25) is 0 Å². The van der Waals surface area contributed by atoms with Gasteiger partial charge in [-0.15, -0.1) is 0 Å². The number of nitrogens with one attached hydrogen (secondary N) is 1. The van der Waals surface area contributed by atoms with Gasteiger partial charge in [-0.05, 0) is 50.2 Å². The van der Waals surface area contributed by atoms with Crippen molar-refractivity contribution in [1.29, 1.82) is 0 Å². The molecule has 0 saturated carbocycles. The smallest absolute Gasteiger partial charge is 0.245 e. The molecule has 2 rings (SSSR count). The van der Waals surface area contributed by atoms with Gasteiger partial charge in [0, 0.05) is 4.47 Å². The Labute approximate surface area is 146 Å². The van der Waals surface area contributed by atoms with E-state index >= 15 is 0 Å². The lowest BCUT2D eigenvalue weighted by atomic mass is 10.2. The van der Waals surface area contributed by atoms with Crippen molar-refractivity contribution in [2.75, 3.05) is 5.32 Å². The minimum absolute atomic E-state index is 0.0504. The van der Waals surface area contributed by atoms with E-state index < -0.39 is 37.8 Å². The maximum atomic E-state index is 13.7. The molecular formula is C16H14BrF2NO3S. The van der Waals surface area contributed by atoms with Crippen LogP contribution < -0.4 is 5.32 Å². The molecule has 24 heavy (non-hydrogen) atoms. The number of carbonyl (C=O) groups is 1. The van der Waals surface area contributed by atoms with Gasteiger partial charge >= 0.3 is 0 Å². The first-order valence-corrected chi connectivity index (χ1v) is 9.10. The molecule has 0 aliphatic rings. The lowest BCUT2D eigenvalue weighted by Gasteiger charge is -2.24. The quantitative estimate of drug-likeness (QED) is 0.819. The van der Waals surface area contributed by atoms with E-state index in [1.807, 2.05) is 0 Å². The summed E-state index contributed by atoms with van der Waals surface area (Å²) in [5.74, 6) is -3.35. The van der Waals surface area contributed by atoms with Crippen LogP contribution >= 0.6 is 15.9 Å². The molecule has 2 aromatic rings. The van der Waals surface area contributed by atoms with Gasteiger partial charge in [0.15, 0.2) is 21.5 Å². The van der Waals surface area contributed by atoms with Gasteiger partial charge in [-0.2, -0.15) is 0 Å². The van der Waals surface area contributed by atoms with E-state index in [0.29, 0.717) is 4.47 Å². The molecule has 8 heteroatoms. The van der Waals surface area contributed by atoms with Gasteiger partial charge in [0.05, 0.1) is 10.6 Å². The molecule has 4 nitrogen and oxygen atoms in total. The van der Waals surface area contributed by atoms with Gasteiger partial charge in [0.1, 0.15) is 4.75 Å². The average Bonchev–Trinajstić information content (AvgIpc) is 2.52. The first-order chi connectivity index (χ1) is 11.1. The van der Waals surface area contributed by atoms with Crippen LogP contribution in [-0.2, 0) is 14.6 Å². The van der Waals surface area contributed by atoms with E-state index in [9.17, 15) is 22.0 Å². The fourth-order valence-corrected chi connectivity index (χ4v) is 3.55. The predicted octanol–water partition coefficient (Wildman–Crippen LogP) is 3.92. The largest absolute Gasteiger partial charge is 0.322 e. The zero-order valence-corrected chi connectivity index (χ0v) is 15.2. The average molecular weight is 418 g/mol. The molecule has 0 atom stereocenters. The second-order valence-corrected chi connectivity index (χ2v) is 8.94. The summed E-state index contributed by atoms with van der Waals surface area (Å²) in [5, 5.41) is 2.14. The molecule has 0 spiro atoms. The zero-order chi connectivity index (χ0) is 18.1. The summed E-state index contributed by atoms with van der Waals surface area (Å²) in [6, 6.07) is 9.05. The highest BCUT2D eigenvalue weighted by Crippen LogP contribution is 2.28. The summed E-state index contributed by atoms with van der Waals surface area (Å²) >= 11 is 3.20. The topological polar surface area (TPSA) is 63.2 Å². The third kappa shape index (κ3) is 3.34. The molecule has 0 heterocycles. The molecule has 0 unspecified atom stereocenters. The minimum Gasteiger partial charge on any atom is -0.322 e. The summed E-state index contributed by atoms with van der Waals surface area (Å²) in [4.78, 5) is 12.3. The zero-order valence-electron chi connectivity index (χ0n) is 12.8. The number of halogens is 3. The maximum absolute atomic E-state index is 13.7. The van der Waals surface area contributed by atoms with Gasteiger partial charge in [-0.1, -0.05) is 22.0 Å². The van der Waals surface area contributed by atoms with Gasteiger partial charge in [0.25, 0.3) is 0 Å². The first kappa shape index (κ1) is 18.5. The summed E-state index contributed by atoms with van der Waals surface area (Å²) in [5.41, 5.74) is -0.418. The molecule has 0 saturated heterocycles. The Morgan fingerprint density at radius 1 is 1.08 bits per heavy atom. The third-order valence-corrected chi connectivity index (χ3v) is 6.49. The van der Waals surface area contributed by atoms with Crippen molar-refractivity contribution in [1.82, 2.24) is 0 Å². The number of benzene rings is 2. The molecule has 0 radical (unpaired) electrons. The Morgan fingerprint density at radius 3 is 2.25 bits per heavy atom. The van der Waals surface area contributed by atoms with Crippen LogP contribution in [0.1, 0.15) is 13.8 Å². The summed E-state index contributed by atoms with van der Waals surface area (Å²) in [6.07, 6.45) is 0. The number of carbonyl (C=O) groups excluding carboxylic acids is 1. The van der Waals surface area contributed by atoms with Crippen LogP contribution in [0, 0.1) is 11.6 Å². The van der Waals surface area contributed by atoms with Crippen molar-refractivity contribution in [3.05, 3.63) is 58.6 Å². The van der Waals surface area contributed by atoms with Crippen molar-refractivity contribution in [3.8, 4) is 0 Å². The van der Waals surface area contributed by atoms with Crippen molar-refractivity contribution >= 4 is 37.4 Å². The van der Waals surface area contributed by atoms with Gasteiger partial charge in [-0.3, -0.25) is 4.79 Å². The van der Waals surface area contributed by atoms with E-state index in [0.717, 1.165) is 12.1 Å². The van der Waals surface area contributed by atoms with E-state index in [-0.39, 0.29) is 4.90 Å². The molecule has 0 aliphatic heterocycles. The monoisotopic (exact) mass is 417 g/mol. The fraction of sp³-hybridized carbons (Fsp3) is 0.188. The summed E-state index contributed by atoms with van der Waals surface area (Å²) in [6.45, 7) is 2.41. The Morgan fingerprint density at radius 2 is 1.67 bits per heavy atom. The van der Waals surface area contributed by atoms with Crippen LogP contribution in [0.25, 0.3) is 0 Å². The number of hydrogen-bond acceptors (Lipinski definition) is 3. The lowest BCUT2D eigenvalue weighted by Crippen LogP contribution is -2.44. The van der Waals surface area contributed by atoms with Gasteiger partial charge in [0.2, 0.25) is 5.91 Å². The molecule has 0 aliphatic carbocycles. The standard InChI is InChI=1S/C16H14BrF2NO3S/c1-16(2,24(22,23)11-8-6-10(17)7-9-11)15(21)20-13-5-3-4-12(18)14(13)19/h3-9H,1-2H3,(H,20,21). The van der Waals surface area contributed by atoms with Crippen molar-refractivity contribution < 1.29 is 22.0 Å². The van der Waals surface area contributed by atoms with Gasteiger partial charge in [-0.25, -0.2) is 17.2 Å². The van der Waals surface area contributed by atoms with Crippen LogP contribution in [0.4, 0.5) is 14.5 Å². The molecule has 1 amide bonds. The van der Waals surface area contributed by atoms with E-state index in [1.165, 1.54) is 44.2 Å². The second-order valence-electron chi connectivity index (χ2n) is 5.52. The maximum Gasteiger partial charge on any atom is 0.245 e. The second kappa shape index (κ2) is 6.60. The Bertz CT molecular complexity index is 881. The molecule has 2 aromatic carbocycles. The highest BCUT2D eigenvalue weighted by Gasteiger charge is 2.43. The number of sulfone groups is 1. The number of amides is 1. The summed E-state index contributed by atoms with van der Waals surface area (Å²) < 4.78 is 51.1. The van der Waals surface area contributed by atoms with E-state index in [1.54, 1.807) is 0 Å². The highest BCUT2D eigenvalue weighted by atomic mass is 79.9. The molecule has 0 fully saturated rings.